The largest absolute Gasteiger partial charge is 0.441 e. The second-order valence-corrected chi connectivity index (χ2v) is 10.3. The standard InChI is InChI=1S/C22H22Cl2N4O7S/c23-13-3-1-2-11(4-13)19(30)15-7-18(35-21(15)24)20(31)16-8-26-10-27-22(16)28-14-5-12(17(29)6-14)9-34-36(25,32)33/h1-4,7-8,10,12,14,17,19,29-30H,5-6,9H2,(H2,25,32,33)(H,26,27,28)/t12-,14-,17+,19?/m1/s1. The molecule has 4 rings (SSSR count). The fraction of sp³-hybridized carbons (Fsp3) is 0.318. The summed E-state index contributed by atoms with van der Waals surface area (Å²) in [6.07, 6.45) is 1.13. The molecular weight excluding hydrogens is 535 g/mol. The van der Waals surface area contributed by atoms with Crippen LogP contribution in [-0.4, -0.2) is 53.1 Å². The van der Waals surface area contributed by atoms with E-state index in [0.29, 0.717) is 17.0 Å². The van der Waals surface area contributed by atoms with E-state index in [0.717, 1.165) is 0 Å². The molecule has 1 saturated carbocycles. The summed E-state index contributed by atoms with van der Waals surface area (Å²) in [5.41, 5.74) is 0.728. The highest BCUT2D eigenvalue weighted by molar-refractivity contribution is 7.84. The fourth-order valence-electron chi connectivity index (χ4n) is 4.06. The van der Waals surface area contributed by atoms with Crippen molar-refractivity contribution in [2.24, 2.45) is 11.1 Å². The van der Waals surface area contributed by atoms with Gasteiger partial charge in [-0.25, -0.2) is 15.1 Å². The minimum absolute atomic E-state index is 0.0745. The van der Waals surface area contributed by atoms with Crippen LogP contribution in [0.4, 0.5) is 5.82 Å². The van der Waals surface area contributed by atoms with Crippen LogP contribution < -0.4 is 10.5 Å². The molecule has 36 heavy (non-hydrogen) atoms. The van der Waals surface area contributed by atoms with Crippen LogP contribution in [0, 0.1) is 5.92 Å². The maximum Gasteiger partial charge on any atom is 0.333 e. The van der Waals surface area contributed by atoms with Gasteiger partial charge in [0.05, 0.1) is 18.3 Å². The molecule has 0 spiro atoms. The Kier molecular flexibility index (Phi) is 7.95. The summed E-state index contributed by atoms with van der Waals surface area (Å²) >= 11 is 12.2. The number of aromatic nitrogens is 2. The zero-order valence-electron chi connectivity index (χ0n) is 18.5. The number of nitrogens with zero attached hydrogens (tertiary/aromatic N) is 2. The van der Waals surface area contributed by atoms with Gasteiger partial charge in [-0.2, -0.15) is 8.42 Å². The smallest absolute Gasteiger partial charge is 0.333 e. The molecule has 14 heteroatoms. The van der Waals surface area contributed by atoms with E-state index < -0.39 is 34.2 Å². The predicted octanol–water partition coefficient (Wildman–Crippen LogP) is 2.46. The Morgan fingerprint density at radius 3 is 2.81 bits per heavy atom. The molecule has 0 saturated heterocycles. The SMILES string of the molecule is NS(=O)(=O)OC[C@H]1C[C@@H](Nc2ncncc2C(=O)c2cc(C(O)c3cccc(Cl)c3)c(Cl)o2)C[C@@H]1O. The van der Waals surface area contributed by atoms with Crippen molar-refractivity contribution >= 4 is 45.1 Å². The molecule has 0 aliphatic heterocycles. The van der Waals surface area contributed by atoms with Crippen LogP contribution in [0.3, 0.4) is 0 Å². The molecule has 3 aromatic rings. The zero-order valence-corrected chi connectivity index (χ0v) is 20.9. The number of nitrogens with two attached hydrogens (primary N) is 1. The highest BCUT2D eigenvalue weighted by atomic mass is 35.5. The lowest BCUT2D eigenvalue weighted by Crippen LogP contribution is -2.24. The maximum absolute atomic E-state index is 13.2. The van der Waals surface area contributed by atoms with Gasteiger partial charge in [0.25, 0.3) is 0 Å². The third kappa shape index (κ3) is 6.21. The van der Waals surface area contributed by atoms with Crippen molar-refractivity contribution in [1.82, 2.24) is 9.97 Å². The molecular formula is C22H22Cl2N4O7S. The average Bonchev–Trinajstić information content (AvgIpc) is 3.38. The summed E-state index contributed by atoms with van der Waals surface area (Å²) in [6, 6.07) is 7.56. The number of aliphatic hydroxyl groups is 2. The van der Waals surface area contributed by atoms with Gasteiger partial charge in [0, 0.05) is 28.7 Å². The van der Waals surface area contributed by atoms with Gasteiger partial charge < -0.3 is 19.9 Å². The second kappa shape index (κ2) is 10.8. The highest BCUT2D eigenvalue weighted by Gasteiger charge is 2.35. The number of furan rings is 1. The number of carbonyl (C=O) groups is 1. The number of halogens is 2. The lowest BCUT2D eigenvalue weighted by Gasteiger charge is -2.15. The van der Waals surface area contributed by atoms with Crippen molar-refractivity contribution in [2.75, 3.05) is 11.9 Å². The number of hydrogen-bond donors (Lipinski definition) is 4. The quantitative estimate of drug-likeness (QED) is 0.286. The lowest BCUT2D eigenvalue weighted by atomic mass is 10.0. The highest BCUT2D eigenvalue weighted by Crippen LogP contribution is 2.34. The Labute approximate surface area is 216 Å². The Hall–Kier alpha value is -2.58. The van der Waals surface area contributed by atoms with Crippen molar-refractivity contribution in [2.45, 2.75) is 31.1 Å². The van der Waals surface area contributed by atoms with E-state index in [2.05, 4.69) is 19.5 Å². The van der Waals surface area contributed by atoms with Crippen LogP contribution in [0.25, 0.3) is 0 Å². The van der Waals surface area contributed by atoms with Crippen molar-refractivity contribution in [3.63, 3.8) is 0 Å². The van der Waals surface area contributed by atoms with Gasteiger partial charge in [0.2, 0.25) is 5.78 Å². The summed E-state index contributed by atoms with van der Waals surface area (Å²) < 4.78 is 32.1. The van der Waals surface area contributed by atoms with E-state index in [-0.39, 0.29) is 47.0 Å². The third-order valence-corrected chi connectivity index (χ3v) is 6.79. The average molecular weight is 557 g/mol. The molecule has 0 bridgehead atoms. The van der Waals surface area contributed by atoms with Crippen molar-refractivity contribution < 1.29 is 32.0 Å². The fourth-order valence-corrected chi connectivity index (χ4v) is 4.86. The van der Waals surface area contributed by atoms with Crippen LogP contribution in [0.5, 0.6) is 0 Å². The van der Waals surface area contributed by atoms with Gasteiger partial charge in [-0.05, 0) is 48.2 Å². The van der Waals surface area contributed by atoms with Crippen LogP contribution in [0.1, 0.15) is 46.2 Å². The van der Waals surface area contributed by atoms with Gasteiger partial charge >= 0.3 is 10.3 Å². The van der Waals surface area contributed by atoms with Gasteiger partial charge in [-0.1, -0.05) is 23.7 Å². The molecule has 4 atom stereocenters. The van der Waals surface area contributed by atoms with Crippen LogP contribution in [0.2, 0.25) is 10.2 Å². The minimum atomic E-state index is -4.13. The van der Waals surface area contributed by atoms with Gasteiger partial charge in [0.15, 0.2) is 11.0 Å². The molecule has 1 fully saturated rings. The molecule has 1 unspecified atom stereocenters. The van der Waals surface area contributed by atoms with Crippen molar-refractivity contribution in [3.8, 4) is 0 Å². The van der Waals surface area contributed by atoms with Gasteiger partial charge in [0.1, 0.15) is 18.2 Å². The minimum Gasteiger partial charge on any atom is -0.441 e. The summed E-state index contributed by atoms with van der Waals surface area (Å²) in [5.74, 6) is -1.03. The van der Waals surface area contributed by atoms with Gasteiger partial charge in [-0.3, -0.25) is 8.98 Å². The number of aliphatic hydroxyl groups excluding tert-OH is 2. The number of benzene rings is 1. The molecule has 5 N–H and O–H groups in total. The van der Waals surface area contributed by atoms with Gasteiger partial charge in [-0.15, -0.1) is 0 Å². The molecule has 11 nitrogen and oxygen atoms in total. The van der Waals surface area contributed by atoms with Crippen molar-refractivity contribution in [1.29, 1.82) is 0 Å². The molecule has 1 aliphatic rings. The molecule has 2 heterocycles. The second-order valence-electron chi connectivity index (χ2n) is 8.33. The number of ketones is 1. The number of carbonyl (C=O) groups excluding carboxylic acids is 1. The van der Waals surface area contributed by atoms with Crippen LogP contribution >= 0.6 is 23.2 Å². The van der Waals surface area contributed by atoms with E-state index in [4.69, 9.17) is 32.8 Å². The molecule has 1 aromatic carbocycles. The Bertz CT molecular complexity index is 1370. The zero-order chi connectivity index (χ0) is 26.0. The third-order valence-electron chi connectivity index (χ3n) is 5.80. The lowest BCUT2D eigenvalue weighted by molar-refractivity contribution is 0.100. The predicted molar refractivity (Wildman–Crippen MR) is 130 cm³/mol. The van der Waals surface area contributed by atoms with E-state index in [1.165, 1.54) is 18.6 Å². The van der Waals surface area contributed by atoms with E-state index in [9.17, 15) is 23.4 Å². The van der Waals surface area contributed by atoms with E-state index in [1.54, 1.807) is 24.3 Å². The maximum atomic E-state index is 13.2. The Balaban J connectivity index is 1.51. The van der Waals surface area contributed by atoms with Crippen molar-refractivity contribution in [3.05, 3.63) is 75.5 Å². The Morgan fingerprint density at radius 2 is 2.08 bits per heavy atom. The molecule has 2 aromatic heterocycles. The number of rotatable bonds is 9. The number of hydrogen-bond acceptors (Lipinski definition) is 10. The number of nitrogens with one attached hydrogen (secondary N) is 1. The summed E-state index contributed by atoms with van der Waals surface area (Å²) in [7, 11) is -4.13. The Morgan fingerprint density at radius 1 is 1.31 bits per heavy atom. The summed E-state index contributed by atoms with van der Waals surface area (Å²) in [6.45, 7) is -0.267. The number of anilines is 1. The molecule has 0 amide bonds. The first-order chi connectivity index (χ1) is 17.0. The normalized spacial score (nSPS) is 20.9. The van der Waals surface area contributed by atoms with Crippen LogP contribution in [-0.2, 0) is 14.5 Å². The monoisotopic (exact) mass is 556 g/mol. The first kappa shape index (κ1) is 26.5. The van der Waals surface area contributed by atoms with E-state index in [1.807, 2.05) is 0 Å². The first-order valence-electron chi connectivity index (χ1n) is 10.7. The molecule has 192 valence electrons. The van der Waals surface area contributed by atoms with Crippen LogP contribution in [0.15, 0.2) is 47.3 Å². The topological polar surface area (TPSA) is 178 Å². The molecule has 1 aliphatic carbocycles. The van der Waals surface area contributed by atoms with E-state index >= 15 is 0 Å². The molecule has 0 radical (unpaired) electrons. The summed E-state index contributed by atoms with van der Waals surface area (Å²) in [5, 5.41) is 29.2. The first-order valence-corrected chi connectivity index (χ1v) is 12.9. The summed E-state index contributed by atoms with van der Waals surface area (Å²) in [4.78, 5) is 21.3.